The first-order valence-corrected chi connectivity index (χ1v) is 5.16. The third-order valence-electron chi connectivity index (χ3n) is 2.76. The Morgan fingerprint density at radius 2 is 1.75 bits per heavy atom. The third kappa shape index (κ3) is 1.19. The van der Waals surface area contributed by atoms with Gasteiger partial charge in [-0.3, -0.25) is 0 Å². The topological polar surface area (TPSA) is 42.4 Å². The summed E-state index contributed by atoms with van der Waals surface area (Å²) >= 11 is 0. The first-order chi connectivity index (χ1) is 7.77. The number of benzene rings is 2. The van der Waals surface area contributed by atoms with Crippen molar-refractivity contribution in [3.63, 3.8) is 0 Å². The molecular weight excluding hydrogens is 200 g/mol. The van der Waals surface area contributed by atoms with Crippen molar-refractivity contribution in [1.82, 2.24) is 0 Å². The largest absolute Gasteiger partial charge is 0.454 e. The van der Waals surface area contributed by atoms with Crippen molar-refractivity contribution < 1.29 is 4.42 Å². The molecule has 0 saturated carbocycles. The molecule has 0 amide bonds. The Bertz CT molecular complexity index is 655. The van der Waals surface area contributed by atoms with Crippen LogP contribution in [0.3, 0.4) is 0 Å². The first kappa shape index (κ1) is 9.24. The molecule has 0 unspecified atom stereocenters. The second-order valence-electron chi connectivity index (χ2n) is 3.86. The number of hydrogen-bond donors (Lipinski definition) is 1. The number of fused-ring (bicyclic) bond motifs is 3. The van der Waals surface area contributed by atoms with E-state index in [1.54, 1.807) is 5.01 Å². The molecule has 0 fully saturated rings. The molecule has 0 saturated heterocycles. The summed E-state index contributed by atoms with van der Waals surface area (Å²) in [6, 6.07) is 14.0. The first-order valence-electron chi connectivity index (χ1n) is 5.16. The second kappa shape index (κ2) is 3.25. The molecule has 3 aromatic rings. The van der Waals surface area contributed by atoms with Crippen LogP contribution in [0.25, 0.3) is 21.9 Å². The Labute approximate surface area is 93.0 Å². The Kier molecular flexibility index (Phi) is 1.88. The molecule has 0 atom stereocenters. The highest BCUT2D eigenvalue weighted by Gasteiger charge is 2.10. The van der Waals surface area contributed by atoms with Crippen LogP contribution in [0, 0.1) is 0 Å². The molecule has 0 bridgehead atoms. The van der Waals surface area contributed by atoms with Gasteiger partial charge in [0, 0.05) is 17.8 Å². The minimum Gasteiger partial charge on any atom is -0.454 e. The molecule has 0 aliphatic heterocycles. The fraction of sp³-hybridized carbons (Fsp3) is 0.0769. The van der Waals surface area contributed by atoms with Crippen molar-refractivity contribution in [2.24, 2.45) is 5.84 Å². The van der Waals surface area contributed by atoms with E-state index in [0.717, 1.165) is 27.6 Å². The Hall–Kier alpha value is -2.00. The van der Waals surface area contributed by atoms with Crippen LogP contribution in [0.15, 0.2) is 46.9 Å². The second-order valence-corrected chi connectivity index (χ2v) is 3.86. The molecular formula is C13H12N2O. The minimum atomic E-state index is 0.841. The van der Waals surface area contributed by atoms with Gasteiger partial charge in [0.25, 0.3) is 0 Å². The van der Waals surface area contributed by atoms with E-state index in [0.29, 0.717) is 0 Å². The lowest BCUT2D eigenvalue weighted by molar-refractivity contribution is 0.667. The summed E-state index contributed by atoms with van der Waals surface area (Å²) in [4.78, 5) is 0. The van der Waals surface area contributed by atoms with E-state index >= 15 is 0 Å². The van der Waals surface area contributed by atoms with Crippen LogP contribution in [0.5, 0.6) is 0 Å². The van der Waals surface area contributed by atoms with Crippen LogP contribution in [0.2, 0.25) is 0 Å². The minimum absolute atomic E-state index is 0.841. The van der Waals surface area contributed by atoms with E-state index in [1.807, 2.05) is 43.4 Å². The van der Waals surface area contributed by atoms with Crippen LogP contribution in [0.1, 0.15) is 0 Å². The number of rotatable bonds is 1. The lowest BCUT2D eigenvalue weighted by Gasteiger charge is -2.11. The fourth-order valence-electron chi connectivity index (χ4n) is 2.01. The van der Waals surface area contributed by atoms with Gasteiger partial charge < -0.3 is 9.43 Å². The maximum absolute atomic E-state index is 5.82. The summed E-state index contributed by atoms with van der Waals surface area (Å²) in [6.07, 6.45) is 0. The van der Waals surface area contributed by atoms with E-state index < -0.39 is 0 Å². The molecule has 3 nitrogen and oxygen atoms in total. The number of anilines is 1. The van der Waals surface area contributed by atoms with E-state index in [9.17, 15) is 0 Å². The monoisotopic (exact) mass is 212 g/mol. The molecule has 2 aromatic carbocycles. The molecule has 1 aromatic heterocycles. The average molecular weight is 212 g/mol. The van der Waals surface area contributed by atoms with Gasteiger partial charge in [-0.1, -0.05) is 30.3 Å². The van der Waals surface area contributed by atoms with Crippen molar-refractivity contribution in [1.29, 1.82) is 0 Å². The number of hydrazine groups is 1. The Morgan fingerprint density at radius 3 is 2.56 bits per heavy atom. The maximum atomic E-state index is 5.82. The molecule has 3 rings (SSSR count). The van der Waals surface area contributed by atoms with E-state index in [4.69, 9.17) is 10.3 Å². The van der Waals surface area contributed by atoms with Crippen LogP contribution < -0.4 is 10.9 Å². The molecule has 0 spiro atoms. The van der Waals surface area contributed by atoms with Gasteiger partial charge in [-0.15, -0.1) is 0 Å². The third-order valence-corrected chi connectivity index (χ3v) is 2.76. The SMILES string of the molecule is CN(N)c1cccc2c1oc1ccccc12. The molecule has 0 aliphatic carbocycles. The predicted octanol–water partition coefficient (Wildman–Crippen LogP) is 2.90. The molecule has 0 radical (unpaired) electrons. The van der Waals surface area contributed by atoms with Crippen molar-refractivity contribution >= 4 is 27.6 Å². The van der Waals surface area contributed by atoms with Gasteiger partial charge in [-0.2, -0.15) is 0 Å². The van der Waals surface area contributed by atoms with Crippen LogP contribution in [-0.2, 0) is 0 Å². The lowest BCUT2D eigenvalue weighted by Crippen LogP contribution is -2.24. The zero-order chi connectivity index (χ0) is 11.1. The van der Waals surface area contributed by atoms with Gasteiger partial charge in [0.2, 0.25) is 0 Å². The molecule has 3 heteroatoms. The van der Waals surface area contributed by atoms with Crippen LogP contribution in [-0.4, -0.2) is 7.05 Å². The fourth-order valence-corrected chi connectivity index (χ4v) is 2.01. The number of furan rings is 1. The summed E-state index contributed by atoms with van der Waals surface area (Å²) < 4.78 is 5.82. The molecule has 16 heavy (non-hydrogen) atoms. The van der Waals surface area contributed by atoms with Gasteiger partial charge in [0.05, 0.1) is 5.69 Å². The normalized spacial score (nSPS) is 11.1. The summed E-state index contributed by atoms with van der Waals surface area (Å²) in [5.41, 5.74) is 2.63. The van der Waals surface area contributed by atoms with Crippen molar-refractivity contribution in [2.45, 2.75) is 0 Å². The zero-order valence-corrected chi connectivity index (χ0v) is 8.97. The molecule has 1 heterocycles. The van der Waals surface area contributed by atoms with Gasteiger partial charge in [-0.05, 0) is 12.1 Å². The van der Waals surface area contributed by atoms with Gasteiger partial charge in [0.1, 0.15) is 5.58 Å². The van der Waals surface area contributed by atoms with Crippen molar-refractivity contribution in [3.05, 3.63) is 42.5 Å². The summed E-state index contributed by atoms with van der Waals surface area (Å²) in [7, 11) is 1.81. The Balaban J connectivity index is 2.49. The Morgan fingerprint density at radius 1 is 1.00 bits per heavy atom. The number of nitrogens with two attached hydrogens (primary N) is 1. The maximum Gasteiger partial charge on any atom is 0.160 e. The van der Waals surface area contributed by atoms with Gasteiger partial charge in [-0.25, -0.2) is 5.84 Å². The quantitative estimate of drug-likeness (QED) is 0.498. The highest BCUT2D eigenvalue weighted by molar-refractivity contribution is 6.08. The average Bonchev–Trinajstić information content (AvgIpc) is 2.67. The molecule has 2 N–H and O–H groups in total. The van der Waals surface area contributed by atoms with Crippen LogP contribution in [0.4, 0.5) is 5.69 Å². The number of para-hydroxylation sites is 2. The van der Waals surface area contributed by atoms with Crippen molar-refractivity contribution in [2.75, 3.05) is 12.1 Å². The predicted molar refractivity (Wildman–Crippen MR) is 66.3 cm³/mol. The highest BCUT2D eigenvalue weighted by Crippen LogP contribution is 2.33. The van der Waals surface area contributed by atoms with Crippen LogP contribution >= 0.6 is 0 Å². The standard InChI is InChI=1S/C13H12N2O/c1-15(14)11-7-4-6-10-9-5-2-3-8-12(9)16-13(10)11/h2-8H,14H2,1H3. The number of nitrogens with zero attached hydrogens (tertiary/aromatic N) is 1. The smallest absolute Gasteiger partial charge is 0.160 e. The highest BCUT2D eigenvalue weighted by atomic mass is 16.3. The summed E-state index contributed by atoms with van der Waals surface area (Å²) in [5, 5.41) is 3.80. The van der Waals surface area contributed by atoms with Crippen molar-refractivity contribution in [3.8, 4) is 0 Å². The van der Waals surface area contributed by atoms with E-state index in [2.05, 4.69) is 6.07 Å². The lowest BCUT2D eigenvalue weighted by atomic mass is 10.1. The van der Waals surface area contributed by atoms with E-state index in [-0.39, 0.29) is 0 Å². The van der Waals surface area contributed by atoms with E-state index in [1.165, 1.54) is 0 Å². The molecule has 80 valence electrons. The summed E-state index contributed by atoms with van der Waals surface area (Å²) in [6.45, 7) is 0. The zero-order valence-electron chi connectivity index (χ0n) is 8.97. The van der Waals surface area contributed by atoms with Gasteiger partial charge in [0.15, 0.2) is 5.58 Å². The van der Waals surface area contributed by atoms with Gasteiger partial charge >= 0.3 is 0 Å². The molecule has 0 aliphatic rings. The summed E-state index contributed by atoms with van der Waals surface area (Å²) in [5.74, 6) is 5.77. The number of hydrogen-bond acceptors (Lipinski definition) is 3.